The average molecular weight is 335 g/mol. The van der Waals surface area contributed by atoms with E-state index in [9.17, 15) is 0 Å². The van der Waals surface area contributed by atoms with E-state index in [-0.39, 0.29) is 0 Å². The Kier molecular flexibility index (Phi) is 4.15. The first-order valence-corrected chi connectivity index (χ1v) is 7.99. The summed E-state index contributed by atoms with van der Waals surface area (Å²) in [6, 6.07) is 13.4. The van der Waals surface area contributed by atoms with Crippen LogP contribution in [0.4, 0.5) is 5.69 Å². The lowest BCUT2D eigenvalue weighted by Crippen LogP contribution is -1.89. The van der Waals surface area contributed by atoms with Crippen molar-refractivity contribution in [2.75, 3.05) is 5.73 Å². The molecule has 0 aliphatic carbocycles. The number of hydrogen-bond donors (Lipinski definition) is 1. The third-order valence-corrected chi connectivity index (χ3v) is 4.69. The molecule has 21 heavy (non-hydrogen) atoms. The number of nitrogens with zero attached hydrogens (tertiary/aromatic N) is 1. The molecule has 3 rings (SSSR count). The summed E-state index contributed by atoms with van der Waals surface area (Å²) in [5.74, 6) is 0. The molecule has 0 saturated heterocycles. The molecule has 0 aliphatic heterocycles. The van der Waals surface area contributed by atoms with E-state index in [1.165, 1.54) is 5.56 Å². The Balaban J connectivity index is 1.82. The number of nitrogens with two attached hydrogens (primary N) is 1. The second-order valence-electron chi connectivity index (χ2n) is 4.67. The molecule has 1 aromatic heterocycles. The van der Waals surface area contributed by atoms with Gasteiger partial charge in [0, 0.05) is 23.1 Å². The monoisotopic (exact) mass is 334 g/mol. The van der Waals surface area contributed by atoms with Crippen LogP contribution in [-0.2, 0) is 6.42 Å². The second-order valence-corrected chi connectivity index (χ2v) is 6.43. The molecule has 0 saturated carbocycles. The number of halogens is 2. The van der Waals surface area contributed by atoms with Crippen molar-refractivity contribution in [2.45, 2.75) is 6.42 Å². The fraction of sp³-hybridized carbons (Fsp3) is 0.0625. The zero-order valence-electron chi connectivity index (χ0n) is 11.0. The minimum Gasteiger partial charge on any atom is -0.399 e. The zero-order chi connectivity index (χ0) is 14.8. The lowest BCUT2D eigenvalue weighted by atomic mass is 10.1. The lowest BCUT2D eigenvalue weighted by Gasteiger charge is -2.00. The van der Waals surface area contributed by atoms with Gasteiger partial charge < -0.3 is 5.73 Å². The van der Waals surface area contributed by atoms with Gasteiger partial charge in [0.05, 0.1) is 20.7 Å². The van der Waals surface area contributed by atoms with Gasteiger partial charge in [-0.25, -0.2) is 4.98 Å². The fourth-order valence-corrected chi connectivity index (χ4v) is 3.13. The molecule has 0 aliphatic rings. The van der Waals surface area contributed by atoms with Crippen LogP contribution >= 0.6 is 34.5 Å². The van der Waals surface area contributed by atoms with Crippen LogP contribution in [0.1, 0.15) is 10.6 Å². The second kappa shape index (κ2) is 6.06. The number of aromatic nitrogens is 1. The number of anilines is 1. The topological polar surface area (TPSA) is 38.9 Å². The van der Waals surface area contributed by atoms with E-state index in [2.05, 4.69) is 4.98 Å². The summed E-state index contributed by atoms with van der Waals surface area (Å²) in [6.45, 7) is 0. The van der Waals surface area contributed by atoms with Crippen molar-refractivity contribution in [1.82, 2.24) is 4.98 Å². The summed E-state index contributed by atoms with van der Waals surface area (Å²) in [4.78, 5) is 4.65. The van der Waals surface area contributed by atoms with Crippen LogP contribution < -0.4 is 5.73 Å². The first-order chi connectivity index (χ1) is 10.1. The molecule has 106 valence electrons. The summed E-state index contributed by atoms with van der Waals surface area (Å²) >= 11 is 13.6. The van der Waals surface area contributed by atoms with Crippen LogP contribution in [-0.4, -0.2) is 4.98 Å². The lowest BCUT2D eigenvalue weighted by molar-refractivity contribution is 1.14. The Morgan fingerprint density at radius 2 is 1.76 bits per heavy atom. The molecule has 2 nitrogen and oxygen atoms in total. The highest BCUT2D eigenvalue weighted by molar-refractivity contribution is 7.10. The van der Waals surface area contributed by atoms with Gasteiger partial charge in [0.25, 0.3) is 0 Å². The van der Waals surface area contributed by atoms with Crippen LogP contribution in [0.25, 0.3) is 11.3 Å². The molecule has 0 bridgehead atoms. The standard InChI is InChI=1S/C16H12Cl2N2S/c17-13-6-3-11(8-14(13)18)15-9-21-16(20-15)7-10-1-4-12(19)5-2-10/h1-6,8-9H,7,19H2. The van der Waals surface area contributed by atoms with Gasteiger partial charge in [0.2, 0.25) is 0 Å². The van der Waals surface area contributed by atoms with Crippen LogP contribution in [0, 0.1) is 0 Å². The molecular weight excluding hydrogens is 323 g/mol. The minimum absolute atomic E-state index is 0.544. The quantitative estimate of drug-likeness (QED) is 0.661. The van der Waals surface area contributed by atoms with Crippen molar-refractivity contribution in [1.29, 1.82) is 0 Å². The molecule has 0 fully saturated rings. The van der Waals surface area contributed by atoms with Gasteiger partial charge in [0.1, 0.15) is 0 Å². The van der Waals surface area contributed by atoms with Gasteiger partial charge in [-0.15, -0.1) is 11.3 Å². The van der Waals surface area contributed by atoms with E-state index in [4.69, 9.17) is 28.9 Å². The molecule has 5 heteroatoms. The minimum atomic E-state index is 0.544. The number of rotatable bonds is 3. The highest BCUT2D eigenvalue weighted by atomic mass is 35.5. The number of hydrogen-bond acceptors (Lipinski definition) is 3. The highest BCUT2D eigenvalue weighted by Gasteiger charge is 2.07. The predicted molar refractivity (Wildman–Crippen MR) is 91.2 cm³/mol. The third-order valence-electron chi connectivity index (χ3n) is 3.10. The summed E-state index contributed by atoms with van der Waals surface area (Å²) in [7, 11) is 0. The summed E-state index contributed by atoms with van der Waals surface area (Å²) in [6.07, 6.45) is 0.798. The Morgan fingerprint density at radius 1 is 1.00 bits per heavy atom. The smallest absolute Gasteiger partial charge is 0.0976 e. The Morgan fingerprint density at radius 3 is 2.48 bits per heavy atom. The van der Waals surface area contributed by atoms with Crippen molar-refractivity contribution >= 4 is 40.2 Å². The Labute approximate surface area is 137 Å². The van der Waals surface area contributed by atoms with E-state index in [1.807, 2.05) is 41.8 Å². The predicted octanol–water partition coefficient (Wildman–Crippen LogP) is 5.29. The maximum Gasteiger partial charge on any atom is 0.0976 e. The van der Waals surface area contributed by atoms with Gasteiger partial charge in [-0.05, 0) is 29.8 Å². The maximum absolute atomic E-state index is 6.05. The first-order valence-electron chi connectivity index (χ1n) is 6.36. The van der Waals surface area contributed by atoms with E-state index in [0.717, 1.165) is 28.4 Å². The van der Waals surface area contributed by atoms with Crippen LogP contribution in [0.5, 0.6) is 0 Å². The highest BCUT2D eigenvalue weighted by Crippen LogP contribution is 2.29. The van der Waals surface area contributed by atoms with E-state index in [1.54, 1.807) is 17.4 Å². The van der Waals surface area contributed by atoms with Crippen molar-refractivity contribution in [3.05, 3.63) is 68.5 Å². The molecule has 2 N–H and O–H groups in total. The zero-order valence-corrected chi connectivity index (χ0v) is 13.3. The number of nitrogen functional groups attached to an aromatic ring is 1. The van der Waals surface area contributed by atoms with Crippen LogP contribution in [0.3, 0.4) is 0 Å². The van der Waals surface area contributed by atoms with E-state index in [0.29, 0.717) is 10.0 Å². The first kappa shape index (κ1) is 14.4. The molecule has 2 aromatic carbocycles. The molecule has 3 aromatic rings. The SMILES string of the molecule is Nc1ccc(Cc2nc(-c3ccc(Cl)c(Cl)c3)cs2)cc1. The van der Waals surface area contributed by atoms with Gasteiger partial charge in [-0.1, -0.05) is 41.4 Å². The van der Waals surface area contributed by atoms with Gasteiger partial charge in [-0.3, -0.25) is 0 Å². The van der Waals surface area contributed by atoms with Gasteiger partial charge >= 0.3 is 0 Å². The maximum atomic E-state index is 6.05. The van der Waals surface area contributed by atoms with E-state index < -0.39 is 0 Å². The molecule has 0 atom stereocenters. The summed E-state index contributed by atoms with van der Waals surface area (Å²) < 4.78 is 0. The number of thiazole rings is 1. The van der Waals surface area contributed by atoms with Crippen LogP contribution in [0.15, 0.2) is 47.8 Å². The Hall–Kier alpha value is -1.55. The summed E-state index contributed by atoms with van der Waals surface area (Å²) in [5, 5.41) is 4.19. The molecule has 1 heterocycles. The van der Waals surface area contributed by atoms with Crippen molar-refractivity contribution < 1.29 is 0 Å². The van der Waals surface area contributed by atoms with Crippen molar-refractivity contribution in [3.63, 3.8) is 0 Å². The number of benzene rings is 2. The van der Waals surface area contributed by atoms with Crippen molar-refractivity contribution in [3.8, 4) is 11.3 Å². The van der Waals surface area contributed by atoms with Gasteiger partial charge in [0.15, 0.2) is 0 Å². The molecule has 0 radical (unpaired) electrons. The largest absolute Gasteiger partial charge is 0.399 e. The van der Waals surface area contributed by atoms with E-state index >= 15 is 0 Å². The average Bonchev–Trinajstić information content (AvgIpc) is 2.93. The van der Waals surface area contributed by atoms with Crippen LogP contribution in [0.2, 0.25) is 10.0 Å². The Bertz CT molecular complexity index is 766. The summed E-state index contributed by atoms with van der Waals surface area (Å²) in [5.41, 5.74) is 9.55. The van der Waals surface area contributed by atoms with Gasteiger partial charge in [-0.2, -0.15) is 0 Å². The van der Waals surface area contributed by atoms with Crippen molar-refractivity contribution in [2.24, 2.45) is 0 Å². The fourth-order valence-electron chi connectivity index (χ4n) is 1.99. The normalized spacial score (nSPS) is 10.8. The molecule has 0 spiro atoms. The molecule has 0 amide bonds. The molecule has 0 unspecified atom stereocenters. The third kappa shape index (κ3) is 3.38. The molecular formula is C16H12Cl2N2S.